The number of aryl methyl sites for hydroxylation is 2. The van der Waals surface area contributed by atoms with Gasteiger partial charge < -0.3 is 4.74 Å². The van der Waals surface area contributed by atoms with Gasteiger partial charge in [0.15, 0.2) is 5.70 Å². The summed E-state index contributed by atoms with van der Waals surface area (Å²) in [6.45, 7) is 3.98. The third-order valence-corrected chi connectivity index (χ3v) is 3.66. The van der Waals surface area contributed by atoms with E-state index < -0.39 is 5.97 Å². The van der Waals surface area contributed by atoms with Crippen molar-refractivity contribution in [3.63, 3.8) is 0 Å². The van der Waals surface area contributed by atoms with Crippen molar-refractivity contribution >= 4 is 17.9 Å². The normalized spacial score (nSPS) is 15.7. The van der Waals surface area contributed by atoms with E-state index in [4.69, 9.17) is 4.74 Å². The first-order chi connectivity index (χ1) is 11.0. The van der Waals surface area contributed by atoms with Gasteiger partial charge in [0, 0.05) is 6.42 Å². The van der Waals surface area contributed by atoms with Gasteiger partial charge in [0.05, 0.1) is 0 Å². The number of carbonyl (C=O) groups excluding carboxylic acids is 1. The first-order valence-electron chi connectivity index (χ1n) is 7.34. The molecule has 3 rings (SSSR count). The molecule has 0 N–H and O–H groups in total. The summed E-state index contributed by atoms with van der Waals surface area (Å²) in [4.78, 5) is 16.2. The van der Waals surface area contributed by atoms with E-state index in [-0.39, 0.29) is 11.5 Å². The van der Waals surface area contributed by atoms with Gasteiger partial charge in [0.1, 0.15) is 5.82 Å². The number of benzene rings is 2. The molecule has 116 valence electrons. The van der Waals surface area contributed by atoms with Crippen LogP contribution in [0.15, 0.2) is 53.2 Å². The Balaban J connectivity index is 1.84. The molecule has 2 aromatic rings. The predicted molar refractivity (Wildman–Crippen MR) is 87.5 cm³/mol. The molecule has 0 saturated heterocycles. The Labute approximate surface area is 134 Å². The minimum absolute atomic E-state index is 0.288. The summed E-state index contributed by atoms with van der Waals surface area (Å²) in [5, 5.41) is 0. The van der Waals surface area contributed by atoms with Gasteiger partial charge in [0.25, 0.3) is 0 Å². The number of nitrogens with zero attached hydrogens (tertiary/aromatic N) is 1. The fraction of sp³-hybridized carbons (Fsp3) is 0.158. The largest absolute Gasteiger partial charge is 0.406 e. The average molecular weight is 309 g/mol. The van der Waals surface area contributed by atoms with Crippen molar-refractivity contribution in [2.75, 3.05) is 0 Å². The predicted octanol–water partition coefficient (Wildman–Crippen LogP) is 3.98. The summed E-state index contributed by atoms with van der Waals surface area (Å²) >= 11 is 0. The molecule has 2 aromatic carbocycles. The SMILES string of the molecule is Cc1ccc(C)c(/C=C2/N=C(Cc3ccc(F)cc3)OC2=O)c1. The van der Waals surface area contributed by atoms with E-state index in [1.165, 1.54) is 12.1 Å². The third kappa shape index (κ3) is 3.54. The molecule has 1 aliphatic heterocycles. The smallest absolute Gasteiger partial charge is 0.363 e. The quantitative estimate of drug-likeness (QED) is 0.635. The summed E-state index contributed by atoms with van der Waals surface area (Å²) in [7, 11) is 0. The number of halogens is 1. The molecule has 3 nitrogen and oxygen atoms in total. The monoisotopic (exact) mass is 309 g/mol. The molecule has 0 saturated carbocycles. The molecule has 0 fully saturated rings. The second-order valence-corrected chi connectivity index (χ2v) is 5.59. The zero-order valence-electron chi connectivity index (χ0n) is 13.0. The zero-order chi connectivity index (χ0) is 16.4. The lowest BCUT2D eigenvalue weighted by molar-refractivity contribution is -0.130. The van der Waals surface area contributed by atoms with Crippen molar-refractivity contribution in [3.05, 3.63) is 76.2 Å². The van der Waals surface area contributed by atoms with Crippen molar-refractivity contribution in [2.24, 2.45) is 4.99 Å². The molecule has 0 radical (unpaired) electrons. The van der Waals surface area contributed by atoms with Crippen LogP contribution in [-0.2, 0) is 16.0 Å². The Morgan fingerprint density at radius 2 is 1.87 bits per heavy atom. The Hall–Kier alpha value is -2.75. The molecule has 0 amide bonds. The van der Waals surface area contributed by atoms with Gasteiger partial charge in [-0.3, -0.25) is 0 Å². The number of esters is 1. The maximum absolute atomic E-state index is 12.9. The Bertz CT molecular complexity index is 820. The molecular weight excluding hydrogens is 293 g/mol. The highest BCUT2D eigenvalue weighted by molar-refractivity contribution is 6.07. The minimum Gasteiger partial charge on any atom is -0.406 e. The van der Waals surface area contributed by atoms with E-state index in [0.29, 0.717) is 12.3 Å². The number of cyclic esters (lactones) is 1. The van der Waals surface area contributed by atoms with E-state index in [0.717, 1.165) is 22.3 Å². The Morgan fingerprint density at radius 1 is 1.13 bits per heavy atom. The lowest BCUT2D eigenvalue weighted by Gasteiger charge is -2.01. The highest BCUT2D eigenvalue weighted by Gasteiger charge is 2.23. The highest BCUT2D eigenvalue weighted by atomic mass is 19.1. The van der Waals surface area contributed by atoms with Crippen LogP contribution in [0.3, 0.4) is 0 Å². The van der Waals surface area contributed by atoms with Crippen LogP contribution < -0.4 is 0 Å². The molecule has 1 heterocycles. The van der Waals surface area contributed by atoms with Crippen LogP contribution in [0.1, 0.15) is 22.3 Å². The third-order valence-electron chi connectivity index (χ3n) is 3.66. The number of ether oxygens (including phenoxy) is 1. The summed E-state index contributed by atoms with van der Waals surface area (Å²) in [6, 6.07) is 12.1. The van der Waals surface area contributed by atoms with Crippen LogP contribution in [0.5, 0.6) is 0 Å². The van der Waals surface area contributed by atoms with Crippen LogP contribution in [0.4, 0.5) is 4.39 Å². The molecule has 0 atom stereocenters. The van der Waals surface area contributed by atoms with Crippen LogP contribution >= 0.6 is 0 Å². The molecule has 0 unspecified atom stereocenters. The van der Waals surface area contributed by atoms with Crippen molar-refractivity contribution in [2.45, 2.75) is 20.3 Å². The Kier molecular flexibility index (Phi) is 4.06. The van der Waals surface area contributed by atoms with E-state index in [1.54, 1.807) is 18.2 Å². The van der Waals surface area contributed by atoms with Crippen molar-refractivity contribution < 1.29 is 13.9 Å². The number of carbonyl (C=O) groups is 1. The molecular formula is C19H16FNO2. The summed E-state index contributed by atoms with van der Waals surface area (Å²) in [5.41, 5.74) is 4.26. The van der Waals surface area contributed by atoms with Crippen molar-refractivity contribution in [1.82, 2.24) is 0 Å². The number of hydrogen-bond donors (Lipinski definition) is 0. The molecule has 0 bridgehead atoms. The fourth-order valence-electron chi connectivity index (χ4n) is 2.37. The first kappa shape index (κ1) is 15.2. The topological polar surface area (TPSA) is 38.7 Å². The number of aliphatic imine (C=N–C) groups is 1. The van der Waals surface area contributed by atoms with Gasteiger partial charge in [-0.1, -0.05) is 35.9 Å². The molecule has 0 spiro atoms. The van der Waals surface area contributed by atoms with Gasteiger partial charge in [0.2, 0.25) is 5.90 Å². The molecule has 4 heteroatoms. The van der Waals surface area contributed by atoms with Crippen LogP contribution in [-0.4, -0.2) is 11.9 Å². The van der Waals surface area contributed by atoms with Crippen molar-refractivity contribution in [1.29, 1.82) is 0 Å². The zero-order valence-corrected chi connectivity index (χ0v) is 13.0. The maximum atomic E-state index is 12.9. The van der Waals surface area contributed by atoms with E-state index in [1.807, 2.05) is 32.0 Å². The summed E-state index contributed by atoms with van der Waals surface area (Å²) < 4.78 is 18.1. The number of rotatable bonds is 3. The van der Waals surface area contributed by atoms with Crippen molar-refractivity contribution in [3.8, 4) is 0 Å². The standard InChI is InChI=1S/C19H16FNO2/c1-12-3-4-13(2)15(9-12)11-17-19(22)23-18(21-17)10-14-5-7-16(20)8-6-14/h3-9,11H,10H2,1-2H3/b17-11+. The molecule has 1 aliphatic rings. The summed E-state index contributed by atoms with van der Waals surface area (Å²) in [5.74, 6) is -0.421. The van der Waals surface area contributed by atoms with Crippen LogP contribution in [0.2, 0.25) is 0 Å². The van der Waals surface area contributed by atoms with Gasteiger partial charge in [-0.15, -0.1) is 0 Å². The van der Waals surface area contributed by atoms with Crippen LogP contribution in [0, 0.1) is 19.7 Å². The lowest BCUT2D eigenvalue weighted by atomic mass is 10.0. The first-order valence-corrected chi connectivity index (χ1v) is 7.34. The second-order valence-electron chi connectivity index (χ2n) is 5.59. The molecule has 0 aliphatic carbocycles. The van der Waals surface area contributed by atoms with Gasteiger partial charge in [-0.2, -0.15) is 0 Å². The van der Waals surface area contributed by atoms with Gasteiger partial charge in [-0.25, -0.2) is 14.2 Å². The minimum atomic E-state index is -0.456. The molecule has 23 heavy (non-hydrogen) atoms. The van der Waals surface area contributed by atoms with E-state index >= 15 is 0 Å². The fourth-order valence-corrected chi connectivity index (χ4v) is 2.37. The van der Waals surface area contributed by atoms with E-state index in [2.05, 4.69) is 4.99 Å². The highest BCUT2D eigenvalue weighted by Crippen LogP contribution is 2.20. The van der Waals surface area contributed by atoms with Gasteiger partial charge in [-0.05, 0) is 48.7 Å². The summed E-state index contributed by atoms with van der Waals surface area (Å²) in [6.07, 6.45) is 2.10. The van der Waals surface area contributed by atoms with Gasteiger partial charge >= 0.3 is 5.97 Å². The lowest BCUT2D eigenvalue weighted by Crippen LogP contribution is -2.06. The molecule has 0 aromatic heterocycles. The maximum Gasteiger partial charge on any atom is 0.363 e. The number of hydrogen-bond acceptors (Lipinski definition) is 3. The average Bonchev–Trinajstić information content (AvgIpc) is 2.85. The second kappa shape index (κ2) is 6.16. The van der Waals surface area contributed by atoms with E-state index in [9.17, 15) is 9.18 Å². The van der Waals surface area contributed by atoms with Crippen LogP contribution in [0.25, 0.3) is 6.08 Å². The Morgan fingerprint density at radius 3 is 2.61 bits per heavy atom.